The first kappa shape index (κ1) is 22.5. The maximum atomic E-state index is 12.6. The van der Waals surface area contributed by atoms with Crippen LogP contribution in [0.2, 0.25) is 0 Å². The van der Waals surface area contributed by atoms with Gasteiger partial charge in [0.15, 0.2) is 5.82 Å². The molecular formula is C27H32N4O3. The molecule has 0 saturated heterocycles. The second-order valence-electron chi connectivity index (χ2n) is 9.69. The first-order valence-electron chi connectivity index (χ1n) is 11.9. The average molecular weight is 461 g/mol. The predicted molar refractivity (Wildman–Crippen MR) is 134 cm³/mol. The minimum absolute atomic E-state index is 0.0267. The number of aromatic nitrogens is 3. The first-order chi connectivity index (χ1) is 16.3. The Morgan fingerprint density at radius 3 is 2.59 bits per heavy atom. The molecule has 1 aliphatic carbocycles. The Balaban J connectivity index is 1.70. The second-order valence-corrected chi connectivity index (χ2v) is 9.69. The molecule has 178 valence electrons. The Bertz CT molecular complexity index is 1390. The van der Waals surface area contributed by atoms with Crippen molar-refractivity contribution < 1.29 is 14.3 Å². The lowest BCUT2D eigenvalue weighted by Gasteiger charge is -2.12. The summed E-state index contributed by atoms with van der Waals surface area (Å²) in [5, 5.41) is 1.17. The van der Waals surface area contributed by atoms with Crippen LogP contribution in [0.1, 0.15) is 55.6 Å². The molecule has 2 N–H and O–H groups in total. The van der Waals surface area contributed by atoms with Gasteiger partial charge in [0, 0.05) is 30.5 Å². The molecule has 2 heterocycles. The van der Waals surface area contributed by atoms with Crippen LogP contribution in [0, 0.1) is 5.92 Å². The van der Waals surface area contributed by atoms with E-state index in [1.54, 1.807) is 19.2 Å². The summed E-state index contributed by atoms with van der Waals surface area (Å²) in [4.78, 5) is 17.6. The number of fused-ring (bicyclic) bond motifs is 2. The van der Waals surface area contributed by atoms with Crippen molar-refractivity contribution in [2.24, 2.45) is 18.7 Å². The van der Waals surface area contributed by atoms with Gasteiger partial charge in [-0.2, -0.15) is 0 Å². The van der Waals surface area contributed by atoms with Gasteiger partial charge in [0.25, 0.3) is 0 Å². The molecule has 1 saturated carbocycles. The number of hydrogen-bond donors (Lipinski definition) is 1. The van der Waals surface area contributed by atoms with Gasteiger partial charge in [0.1, 0.15) is 11.3 Å². The number of carbonyl (C=O) groups is 1. The number of benzene rings is 2. The second kappa shape index (κ2) is 8.47. The third kappa shape index (κ3) is 3.94. The van der Waals surface area contributed by atoms with Crippen molar-refractivity contribution in [2.75, 3.05) is 7.11 Å². The number of esters is 1. The van der Waals surface area contributed by atoms with E-state index in [0.29, 0.717) is 22.7 Å². The van der Waals surface area contributed by atoms with Gasteiger partial charge in [-0.3, -0.25) is 0 Å². The van der Waals surface area contributed by atoms with Crippen molar-refractivity contribution in [1.82, 2.24) is 14.1 Å². The summed E-state index contributed by atoms with van der Waals surface area (Å²) in [5.74, 6) is 1.74. The average Bonchev–Trinajstić information content (AvgIpc) is 3.47. The minimum Gasteiger partial charge on any atom is -0.494 e. The summed E-state index contributed by atoms with van der Waals surface area (Å²) in [6, 6.07) is 12.1. The van der Waals surface area contributed by atoms with Crippen LogP contribution in [0.5, 0.6) is 5.75 Å². The smallest absolute Gasteiger partial charge is 0.338 e. The highest BCUT2D eigenvalue weighted by atomic mass is 16.5. The quantitative estimate of drug-likeness (QED) is 0.383. The Morgan fingerprint density at radius 1 is 1.18 bits per heavy atom. The highest BCUT2D eigenvalue weighted by Gasteiger charge is 2.26. The fraction of sp³-hybridized carbons (Fsp3) is 0.407. The van der Waals surface area contributed by atoms with E-state index in [2.05, 4.69) is 33.4 Å². The van der Waals surface area contributed by atoms with Crippen molar-refractivity contribution in [1.29, 1.82) is 0 Å². The molecule has 0 bridgehead atoms. The van der Waals surface area contributed by atoms with Crippen LogP contribution in [-0.2, 0) is 18.3 Å². The monoisotopic (exact) mass is 460 g/mol. The molecule has 34 heavy (non-hydrogen) atoms. The molecule has 5 rings (SSSR count). The lowest BCUT2D eigenvalue weighted by molar-refractivity contribution is 0.0377. The van der Waals surface area contributed by atoms with E-state index in [1.807, 2.05) is 27.8 Å². The maximum Gasteiger partial charge on any atom is 0.338 e. The largest absolute Gasteiger partial charge is 0.494 e. The molecule has 0 spiro atoms. The molecule has 2 aromatic carbocycles. The third-order valence-electron chi connectivity index (χ3n) is 6.55. The number of methoxy groups -OCH3 is 1. The molecule has 0 unspecified atom stereocenters. The third-order valence-corrected chi connectivity index (χ3v) is 6.55. The zero-order valence-corrected chi connectivity index (χ0v) is 20.5. The molecule has 2 aromatic heterocycles. The number of ether oxygens (including phenoxy) is 2. The lowest BCUT2D eigenvalue weighted by atomic mass is 10.1. The van der Waals surface area contributed by atoms with E-state index in [1.165, 1.54) is 23.7 Å². The van der Waals surface area contributed by atoms with Crippen LogP contribution < -0.4 is 10.5 Å². The van der Waals surface area contributed by atoms with E-state index >= 15 is 0 Å². The van der Waals surface area contributed by atoms with Gasteiger partial charge in [-0.15, -0.1) is 0 Å². The van der Waals surface area contributed by atoms with Crippen molar-refractivity contribution in [2.45, 2.75) is 52.3 Å². The van der Waals surface area contributed by atoms with E-state index in [9.17, 15) is 4.79 Å². The van der Waals surface area contributed by atoms with Crippen molar-refractivity contribution in [3.05, 3.63) is 47.5 Å². The summed E-state index contributed by atoms with van der Waals surface area (Å²) < 4.78 is 15.5. The molecule has 7 heteroatoms. The molecule has 0 aliphatic heterocycles. The molecule has 7 nitrogen and oxygen atoms in total. The lowest BCUT2D eigenvalue weighted by Crippen LogP contribution is -2.11. The van der Waals surface area contributed by atoms with Crippen LogP contribution >= 0.6 is 0 Å². The van der Waals surface area contributed by atoms with E-state index < -0.39 is 0 Å². The van der Waals surface area contributed by atoms with Crippen LogP contribution in [0.3, 0.4) is 0 Å². The van der Waals surface area contributed by atoms with E-state index in [-0.39, 0.29) is 18.1 Å². The van der Waals surface area contributed by atoms with Crippen molar-refractivity contribution in [3.8, 4) is 17.3 Å². The highest BCUT2D eigenvalue weighted by Crippen LogP contribution is 2.38. The summed E-state index contributed by atoms with van der Waals surface area (Å²) in [6.07, 6.45) is 2.31. The van der Waals surface area contributed by atoms with Gasteiger partial charge in [0.05, 0.1) is 30.0 Å². The fourth-order valence-corrected chi connectivity index (χ4v) is 4.59. The number of nitrogens with two attached hydrogens (primary N) is 1. The number of aryl methyl sites for hydroxylation is 1. The normalized spacial score (nSPS) is 14.8. The zero-order chi connectivity index (χ0) is 24.1. The number of rotatable bonds is 7. The van der Waals surface area contributed by atoms with E-state index in [0.717, 1.165) is 29.1 Å². The number of imidazole rings is 1. The van der Waals surface area contributed by atoms with Gasteiger partial charge in [-0.05, 0) is 69.4 Å². The van der Waals surface area contributed by atoms with Crippen LogP contribution in [0.4, 0.5) is 0 Å². The van der Waals surface area contributed by atoms with Gasteiger partial charge in [-0.1, -0.05) is 12.1 Å². The molecule has 1 fully saturated rings. The maximum absolute atomic E-state index is 12.6. The summed E-state index contributed by atoms with van der Waals surface area (Å²) in [6.45, 7) is 6.63. The van der Waals surface area contributed by atoms with E-state index in [4.69, 9.17) is 20.2 Å². The summed E-state index contributed by atoms with van der Waals surface area (Å²) in [7, 11) is 3.60. The molecule has 1 atom stereocenters. The van der Waals surface area contributed by atoms with Gasteiger partial charge < -0.3 is 24.3 Å². The highest BCUT2D eigenvalue weighted by molar-refractivity contribution is 5.97. The Hall–Kier alpha value is -3.32. The standard InChI is InChI=1S/C27H32N4O3/c1-15(2)34-27(32)20-10-21-25(24(13-20)33-5)30(4)26(29-21)23-12-19-9-8-18(16(3)28)11-22(19)31(23)14-17-6-7-17/h8-13,15-17H,6-7,14,28H2,1-5H3/t16-/m1/s1. The zero-order valence-electron chi connectivity index (χ0n) is 20.5. The van der Waals surface area contributed by atoms with Gasteiger partial charge in [0.2, 0.25) is 0 Å². The number of hydrogen-bond acceptors (Lipinski definition) is 5. The molecule has 4 aromatic rings. The van der Waals surface area contributed by atoms with Crippen LogP contribution in [-0.4, -0.2) is 33.3 Å². The predicted octanol–water partition coefficient (Wildman–Crippen LogP) is 5.20. The SMILES string of the molecule is COc1cc(C(=O)OC(C)C)cc2nc(-c3cc4ccc([C@@H](C)N)cc4n3CC3CC3)n(C)c12. The molecule has 0 amide bonds. The van der Waals surface area contributed by atoms with Crippen LogP contribution in [0.25, 0.3) is 33.5 Å². The number of carbonyl (C=O) groups excluding carboxylic acids is 1. The Morgan fingerprint density at radius 2 is 1.94 bits per heavy atom. The summed E-state index contributed by atoms with van der Waals surface area (Å²) in [5.41, 5.74) is 11.5. The van der Waals surface area contributed by atoms with Crippen molar-refractivity contribution in [3.63, 3.8) is 0 Å². The van der Waals surface area contributed by atoms with Gasteiger partial charge in [-0.25, -0.2) is 9.78 Å². The van der Waals surface area contributed by atoms with Gasteiger partial charge >= 0.3 is 5.97 Å². The first-order valence-corrected chi connectivity index (χ1v) is 11.9. The number of nitrogens with zero attached hydrogens (tertiary/aromatic N) is 3. The van der Waals surface area contributed by atoms with Crippen molar-refractivity contribution >= 4 is 27.9 Å². The molecular weight excluding hydrogens is 428 g/mol. The Labute approximate surface area is 199 Å². The fourth-order valence-electron chi connectivity index (χ4n) is 4.59. The minimum atomic E-state index is -0.381. The molecule has 0 radical (unpaired) electrons. The Kier molecular flexibility index (Phi) is 5.60. The topological polar surface area (TPSA) is 84.3 Å². The van der Waals surface area contributed by atoms with Crippen LogP contribution in [0.15, 0.2) is 36.4 Å². The molecule has 1 aliphatic rings. The summed E-state index contributed by atoms with van der Waals surface area (Å²) >= 11 is 0.